The van der Waals surface area contributed by atoms with Crippen molar-refractivity contribution in [3.8, 4) is 0 Å². The number of hydrogen-bond donors (Lipinski definition) is 1. The van der Waals surface area contributed by atoms with Gasteiger partial charge >= 0.3 is 5.43 Å². The highest BCUT2D eigenvalue weighted by Crippen LogP contribution is 2.22. The molecule has 0 atom stereocenters. The van der Waals surface area contributed by atoms with Crippen molar-refractivity contribution in [3.05, 3.63) is 0 Å². The van der Waals surface area contributed by atoms with Gasteiger partial charge in [0.1, 0.15) is 0 Å². The van der Waals surface area contributed by atoms with E-state index in [2.05, 4.69) is 11.6 Å². The molecule has 0 aromatic carbocycles. The van der Waals surface area contributed by atoms with E-state index in [1.54, 1.807) is 0 Å². The first-order valence-electron chi connectivity index (χ1n) is 3.15. The van der Waals surface area contributed by atoms with E-state index in [0.717, 1.165) is 0 Å². The molecule has 1 saturated carbocycles. The molecule has 0 unspecified atom stereocenters. The number of carboxylic acid groups (broad SMARTS) is 1. The second-order valence-corrected chi connectivity index (χ2v) is 3.08. The van der Waals surface area contributed by atoms with Crippen LogP contribution in [0.5, 0.6) is 0 Å². The second-order valence-electron chi connectivity index (χ2n) is 2.13. The maximum absolute atomic E-state index is 8.77. The van der Waals surface area contributed by atoms with Gasteiger partial charge in [-0.2, -0.15) is 0 Å². The lowest BCUT2D eigenvalue weighted by atomic mass is 10.4. The van der Waals surface area contributed by atoms with Crippen LogP contribution >= 0.6 is 23.2 Å². The van der Waals surface area contributed by atoms with Gasteiger partial charge in [-0.1, -0.05) is 12.8 Å². The molecule has 0 spiro atoms. The molecule has 0 radical (unpaired) electrons. The lowest BCUT2D eigenvalue weighted by Crippen LogP contribution is -1.83. The smallest absolute Gasteiger partial charge is 0.401 e. The summed E-state index contributed by atoms with van der Waals surface area (Å²) in [6.45, 7) is 0. The molecular formula is C6H10Cl2O2. The van der Waals surface area contributed by atoms with E-state index in [1.807, 2.05) is 0 Å². The third-order valence-corrected chi connectivity index (χ3v) is 1.72. The van der Waals surface area contributed by atoms with Crippen molar-refractivity contribution >= 4 is 28.6 Å². The predicted octanol–water partition coefficient (Wildman–Crippen LogP) is 3.07. The second kappa shape index (κ2) is 5.81. The van der Waals surface area contributed by atoms with Gasteiger partial charge in [0, 0.05) is 17.0 Å². The summed E-state index contributed by atoms with van der Waals surface area (Å²) in [5, 5.41) is 7.70. The molecule has 0 aromatic heterocycles. The van der Waals surface area contributed by atoms with Crippen LogP contribution in [0.25, 0.3) is 0 Å². The van der Waals surface area contributed by atoms with Gasteiger partial charge in [0.15, 0.2) is 0 Å². The number of alkyl halides is 1. The number of rotatable bonds is 0. The average molecular weight is 185 g/mol. The van der Waals surface area contributed by atoms with E-state index in [-0.39, 0.29) is 0 Å². The highest BCUT2D eigenvalue weighted by molar-refractivity contribution is 6.60. The van der Waals surface area contributed by atoms with Gasteiger partial charge in [0.25, 0.3) is 0 Å². The first-order chi connectivity index (χ1) is 4.63. The van der Waals surface area contributed by atoms with Gasteiger partial charge in [0.05, 0.1) is 0 Å². The first-order valence-corrected chi connectivity index (χ1v) is 3.97. The number of carbonyl (C=O) groups is 1. The zero-order valence-electron chi connectivity index (χ0n) is 5.52. The molecule has 0 aliphatic heterocycles. The number of halogens is 2. The molecule has 1 N–H and O–H groups in total. The molecule has 0 bridgehead atoms. The van der Waals surface area contributed by atoms with Crippen LogP contribution in [0.2, 0.25) is 0 Å². The van der Waals surface area contributed by atoms with E-state index in [0.29, 0.717) is 5.38 Å². The maximum Gasteiger partial charge on any atom is 0.401 e. The molecule has 60 valence electrons. The van der Waals surface area contributed by atoms with Gasteiger partial charge in [-0.05, 0) is 12.8 Å². The first kappa shape index (κ1) is 10.0. The molecule has 0 aromatic rings. The highest BCUT2D eigenvalue weighted by atomic mass is 35.5. The van der Waals surface area contributed by atoms with Gasteiger partial charge in [-0.15, -0.1) is 11.6 Å². The standard InChI is InChI=1S/C5H9Cl.CHClO2/c6-5-3-1-2-4-5;2-1(3)4/h5H,1-4H2;(H,3,4). The van der Waals surface area contributed by atoms with Crippen LogP contribution in [0.1, 0.15) is 25.7 Å². The Morgan fingerprint density at radius 1 is 1.40 bits per heavy atom. The van der Waals surface area contributed by atoms with E-state index >= 15 is 0 Å². The SMILES string of the molecule is ClC1CCCC1.O=C(O)Cl. The minimum atomic E-state index is -1.36. The molecule has 0 saturated heterocycles. The molecule has 2 nitrogen and oxygen atoms in total. The number of hydrogen-bond acceptors (Lipinski definition) is 1. The normalized spacial score (nSPS) is 17.8. The van der Waals surface area contributed by atoms with Gasteiger partial charge in [0.2, 0.25) is 0 Å². The summed E-state index contributed by atoms with van der Waals surface area (Å²) in [6, 6.07) is 0. The van der Waals surface area contributed by atoms with Gasteiger partial charge < -0.3 is 5.11 Å². The topological polar surface area (TPSA) is 37.3 Å². The van der Waals surface area contributed by atoms with Crippen molar-refractivity contribution in [2.24, 2.45) is 0 Å². The minimum absolute atomic E-state index is 0.519. The van der Waals surface area contributed by atoms with E-state index < -0.39 is 5.43 Å². The molecule has 1 aliphatic carbocycles. The average Bonchev–Trinajstić information content (AvgIpc) is 2.15. The minimum Gasteiger partial charge on any atom is -0.469 e. The summed E-state index contributed by atoms with van der Waals surface area (Å²) >= 11 is 9.90. The van der Waals surface area contributed by atoms with E-state index in [1.165, 1.54) is 25.7 Å². The zero-order valence-corrected chi connectivity index (χ0v) is 7.03. The Morgan fingerprint density at radius 2 is 1.70 bits per heavy atom. The molecule has 1 fully saturated rings. The van der Waals surface area contributed by atoms with E-state index in [4.69, 9.17) is 21.5 Å². The fourth-order valence-electron chi connectivity index (χ4n) is 0.876. The summed E-state index contributed by atoms with van der Waals surface area (Å²) < 4.78 is 0. The van der Waals surface area contributed by atoms with Crippen LogP contribution in [0.3, 0.4) is 0 Å². The summed E-state index contributed by atoms with van der Waals surface area (Å²) in [4.78, 5) is 8.77. The maximum atomic E-state index is 8.77. The third kappa shape index (κ3) is 8.05. The van der Waals surface area contributed by atoms with Crippen LogP contribution in [0.15, 0.2) is 0 Å². The van der Waals surface area contributed by atoms with Crippen molar-refractivity contribution in [1.82, 2.24) is 0 Å². The zero-order chi connectivity index (χ0) is 7.98. The summed E-state index contributed by atoms with van der Waals surface area (Å²) in [5.74, 6) is 0. The molecule has 0 heterocycles. The Labute approximate surface area is 70.1 Å². The highest BCUT2D eigenvalue weighted by Gasteiger charge is 2.09. The monoisotopic (exact) mass is 184 g/mol. The molecule has 1 aliphatic rings. The largest absolute Gasteiger partial charge is 0.469 e. The fraction of sp³-hybridized carbons (Fsp3) is 0.833. The van der Waals surface area contributed by atoms with Crippen LogP contribution in [0.4, 0.5) is 4.79 Å². The molecule has 0 amide bonds. The van der Waals surface area contributed by atoms with Crippen molar-refractivity contribution in [1.29, 1.82) is 0 Å². The Bertz CT molecular complexity index is 95.9. The Hall–Kier alpha value is 0.0500. The molecular weight excluding hydrogens is 175 g/mol. The van der Waals surface area contributed by atoms with E-state index in [9.17, 15) is 0 Å². The molecule has 10 heavy (non-hydrogen) atoms. The predicted molar refractivity (Wildman–Crippen MR) is 42.0 cm³/mol. The van der Waals surface area contributed by atoms with Crippen LogP contribution < -0.4 is 0 Å². The molecule has 4 heteroatoms. The Kier molecular flexibility index (Phi) is 5.84. The quantitative estimate of drug-likeness (QED) is 0.465. The Morgan fingerprint density at radius 3 is 1.80 bits per heavy atom. The van der Waals surface area contributed by atoms with Crippen molar-refractivity contribution in [2.45, 2.75) is 31.1 Å². The summed E-state index contributed by atoms with van der Waals surface area (Å²) in [6.07, 6.45) is 5.21. The van der Waals surface area contributed by atoms with Crippen LogP contribution in [0, 0.1) is 0 Å². The van der Waals surface area contributed by atoms with Gasteiger partial charge in [-0.3, -0.25) is 0 Å². The van der Waals surface area contributed by atoms with Crippen LogP contribution in [-0.2, 0) is 0 Å². The van der Waals surface area contributed by atoms with Crippen molar-refractivity contribution in [2.75, 3.05) is 0 Å². The van der Waals surface area contributed by atoms with Gasteiger partial charge in [-0.25, -0.2) is 4.79 Å². The lowest BCUT2D eigenvalue weighted by molar-refractivity contribution is 0.220. The third-order valence-electron chi connectivity index (χ3n) is 1.28. The van der Waals surface area contributed by atoms with Crippen molar-refractivity contribution in [3.63, 3.8) is 0 Å². The Balaban J connectivity index is 0.000000180. The van der Waals surface area contributed by atoms with Crippen molar-refractivity contribution < 1.29 is 9.90 Å². The summed E-state index contributed by atoms with van der Waals surface area (Å²) in [5.41, 5.74) is -1.36. The summed E-state index contributed by atoms with van der Waals surface area (Å²) in [7, 11) is 0. The lowest BCUT2D eigenvalue weighted by Gasteiger charge is -1.88. The van der Waals surface area contributed by atoms with Crippen LogP contribution in [-0.4, -0.2) is 15.9 Å². The molecule has 1 rings (SSSR count). The fourth-order valence-corrected chi connectivity index (χ4v) is 1.18.